The minimum Gasteiger partial charge on any atom is -0.354 e. The van der Waals surface area contributed by atoms with Crippen LogP contribution in [0, 0.1) is 0 Å². The summed E-state index contributed by atoms with van der Waals surface area (Å²) in [5, 5.41) is 3.59. The molecule has 0 unspecified atom stereocenters. The Bertz CT molecular complexity index is 1940. The molecule has 0 aliphatic heterocycles. The Balaban J connectivity index is 0.00000140. The van der Waals surface area contributed by atoms with Crippen LogP contribution in [-0.2, 0) is 0 Å². The van der Waals surface area contributed by atoms with Crippen molar-refractivity contribution in [2.24, 2.45) is 0 Å². The minimum atomic E-state index is 0. The third kappa shape index (κ3) is 2.83. The summed E-state index contributed by atoms with van der Waals surface area (Å²) in [6.45, 7) is 8.09. The van der Waals surface area contributed by atoms with Gasteiger partial charge in [-0.15, -0.1) is 0 Å². The molecule has 0 fully saturated rings. The molecule has 0 aliphatic rings. The largest absolute Gasteiger partial charge is 0.354 e. The highest BCUT2D eigenvalue weighted by Gasteiger charge is 2.15. The predicted octanol–water partition coefficient (Wildman–Crippen LogP) is 8.59. The maximum atomic E-state index is 4.89. The summed E-state index contributed by atoms with van der Waals surface area (Å²) in [6, 6.07) is 29.6. The average Bonchev–Trinajstić information content (AvgIpc) is 3.57. The minimum absolute atomic E-state index is 0. The molecule has 0 saturated heterocycles. The van der Waals surface area contributed by atoms with Crippen LogP contribution < -0.4 is 0 Å². The van der Waals surface area contributed by atoms with Gasteiger partial charge in [0.25, 0.3) is 0 Å². The smallest absolute Gasteiger partial charge is 0.138 e. The Morgan fingerprint density at radius 1 is 0.714 bits per heavy atom. The van der Waals surface area contributed by atoms with Gasteiger partial charge in [0.05, 0.1) is 22.2 Å². The Hall–Kier alpha value is -4.83. The molecule has 0 bridgehead atoms. The van der Waals surface area contributed by atoms with Crippen LogP contribution in [0.5, 0.6) is 0 Å². The number of rotatable bonds is 4. The molecule has 35 heavy (non-hydrogen) atoms. The van der Waals surface area contributed by atoms with E-state index in [2.05, 4.69) is 113 Å². The Morgan fingerprint density at radius 3 is 2.29 bits per heavy atom. The van der Waals surface area contributed by atoms with Crippen molar-refractivity contribution >= 4 is 55.9 Å². The number of aromatic amines is 2. The van der Waals surface area contributed by atoms with E-state index in [0.29, 0.717) is 0 Å². The van der Waals surface area contributed by atoms with Crippen molar-refractivity contribution in [1.82, 2.24) is 19.5 Å². The number of aromatic nitrogens is 4. The van der Waals surface area contributed by atoms with Crippen molar-refractivity contribution in [2.45, 2.75) is 0 Å². The first-order chi connectivity index (χ1) is 17.2. The number of para-hydroxylation sites is 2. The van der Waals surface area contributed by atoms with E-state index in [-0.39, 0.29) is 2.85 Å². The van der Waals surface area contributed by atoms with E-state index in [9.17, 15) is 0 Å². The van der Waals surface area contributed by atoms with Gasteiger partial charge in [0, 0.05) is 46.9 Å². The molecule has 4 aromatic carbocycles. The lowest BCUT2D eigenvalue weighted by Crippen LogP contribution is -1.97. The zero-order chi connectivity index (χ0) is 23.5. The highest BCUT2D eigenvalue weighted by atomic mass is 15.0. The second-order valence-electron chi connectivity index (χ2n) is 8.78. The average molecular weight is 455 g/mol. The monoisotopic (exact) mass is 454 g/mol. The SMILES string of the molecule is C=Cc1c(C=C)n(-c2ccc(-c3nc4cc5[nH]c6ccccc6c5cc4[nH]3)cc2)c2ccccc12.[HH].[HH]. The van der Waals surface area contributed by atoms with E-state index in [0.717, 1.165) is 55.9 Å². The normalized spacial score (nSPS) is 11.7. The summed E-state index contributed by atoms with van der Waals surface area (Å²) in [5.41, 5.74) is 9.61. The van der Waals surface area contributed by atoms with Gasteiger partial charge < -0.3 is 14.5 Å². The molecule has 170 valence electrons. The fourth-order valence-electron chi connectivity index (χ4n) is 5.24. The highest BCUT2D eigenvalue weighted by Crippen LogP contribution is 2.33. The summed E-state index contributed by atoms with van der Waals surface area (Å²) in [4.78, 5) is 11.9. The maximum Gasteiger partial charge on any atom is 0.138 e. The van der Waals surface area contributed by atoms with Gasteiger partial charge in [-0.25, -0.2) is 4.98 Å². The first-order valence-corrected chi connectivity index (χ1v) is 11.6. The van der Waals surface area contributed by atoms with Crippen molar-refractivity contribution in [3.63, 3.8) is 0 Å². The van der Waals surface area contributed by atoms with Crippen LogP contribution in [0.1, 0.15) is 14.1 Å². The molecule has 7 rings (SSSR count). The van der Waals surface area contributed by atoms with Crippen molar-refractivity contribution in [3.05, 3.63) is 109 Å². The van der Waals surface area contributed by atoms with E-state index >= 15 is 0 Å². The van der Waals surface area contributed by atoms with Gasteiger partial charge in [0.15, 0.2) is 0 Å². The van der Waals surface area contributed by atoms with Crippen LogP contribution in [0.2, 0.25) is 0 Å². The summed E-state index contributed by atoms with van der Waals surface area (Å²) < 4.78 is 2.23. The number of nitrogens with one attached hydrogen (secondary N) is 2. The van der Waals surface area contributed by atoms with Crippen molar-refractivity contribution in [3.8, 4) is 17.1 Å². The zero-order valence-corrected chi connectivity index (χ0v) is 19.0. The summed E-state index contributed by atoms with van der Waals surface area (Å²) in [5.74, 6) is 0.858. The molecule has 0 aliphatic carbocycles. The summed E-state index contributed by atoms with van der Waals surface area (Å²) in [6.07, 6.45) is 3.80. The van der Waals surface area contributed by atoms with Crippen molar-refractivity contribution < 1.29 is 2.85 Å². The third-order valence-electron chi connectivity index (χ3n) is 6.86. The van der Waals surface area contributed by atoms with E-state index < -0.39 is 0 Å². The molecule has 4 nitrogen and oxygen atoms in total. The van der Waals surface area contributed by atoms with Gasteiger partial charge >= 0.3 is 0 Å². The van der Waals surface area contributed by atoms with Gasteiger partial charge in [-0.05, 0) is 54.6 Å². The topological polar surface area (TPSA) is 49.4 Å². The standard InChI is InChI=1S/C31H22N4.2H2/c1-3-21-23-10-6-8-12-30(23)35(29(21)4-2)20-15-13-19(14-16-20)31-33-27-17-24-22-9-5-7-11-25(22)32-26(24)18-28(27)34-31;;/h3-18,32H,1-2H2,(H,33,34);2*1H. The Kier molecular flexibility index (Phi) is 4.11. The van der Waals surface area contributed by atoms with Crippen LogP contribution in [0.3, 0.4) is 0 Å². The molecular formula is C31H26N4. The molecule has 0 amide bonds. The Morgan fingerprint density at radius 2 is 1.49 bits per heavy atom. The molecular weight excluding hydrogens is 428 g/mol. The van der Waals surface area contributed by atoms with Crippen LogP contribution in [0.15, 0.2) is 98.1 Å². The lowest BCUT2D eigenvalue weighted by atomic mass is 10.1. The predicted molar refractivity (Wildman–Crippen MR) is 152 cm³/mol. The van der Waals surface area contributed by atoms with E-state index in [4.69, 9.17) is 4.98 Å². The lowest BCUT2D eigenvalue weighted by Gasteiger charge is -2.10. The molecule has 2 N–H and O–H groups in total. The number of hydrogen-bond donors (Lipinski definition) is 2. The molecule has 4 heteroatoms. The molecule has 0 radical (unpaired) electrons. The summed E-state index contributed by atoms with van der Waals surface area (Å²) in [7, 11) is 0. The number of nitrogens with zero attached hydrogens (tertiary/aromatic N) is 2. The van der Waals surface area contributed by atoms with Crippen molar-refractivity contribution in [2.75, 3.05) is 0 Å². The molecule has 0 spiro atoms. The van der Waals surface area contributed by atoms with Gasteiger partial charge in [-0.2, -0.15) is 0 Å². The number of imidazole rings is 1. The van der Waals surface area contributed by atoms with Gasteiger partial charge in [0.2, 0.25) is 0 Å². The number of hydrogen-bond acceptors (Lipinski definition) is 1. The maximum absolute atomic E-state index is 4.89. The van der Waals surface area contributed by atoms with E-state index in [1.54, 1.807) is 0 Å². The van der Waals surface area contributed by atoms with Crippen LogP contribution in [0.25, 0.3) is 73.0 Å². The second kappa shape index (κ2) is 7.34. The molecule has 3 heterocycles. The van der Waals surface area contributed by atoms with Crippen LogP contribution >= 0.6 is 0 Å². The Labute approximate surface area is 204 Å². The molecule has 7 aromatic rings. The third-order valence-corrected chi connectivity index (χ3v) is 6.86. The highest BCUT2D eigenvalue weighted by molar-refractivity contribution is 6.11. The molecule has 3 aromatic heterocycles. The van der Waals surface area contributed by atoms with Gasteiger partial charge in [-0.1, -0.05) is 55.6 Å². The van der Waals surface area contributed by atoms with Gasteiger partial charge in [-0.3, -0.25) is 0 Å². The fourth-order valence-corrected chi connectivity index (χ4v) is 5.24. The first kappa shape index (κ1) is 19.6. The van der Waals surface area contributed by atoms with E-state index in [1.165, 1.54) is 16.2 Å². The lowest BCUT2D eigenvalue weighted by molar-refractivity contribution is 1.11. The second-order valence-corrected chi connectivity index (χ2v) is 8.78. The van der Waals surface area contributed by atoms with Gasteiger partial charge in [0.1, 0.15) is 5.82 Å². The zero-order valence-electron chi connectivity index (χ0n) is 19.0. The fraction of sp³-hybridized carbons (Fsp3) is 0. The number of benzene rings is 4. The molecule has 0 saturated carbocycles. The first-order valence-electron chi connectivity index (χ1n) is 11.6. The summed E-state index contributed by atoms with van der Waals surface area (Å²) >= 11 is 0. The van der Waals surface area contributed by atoms with E-state index in [1.807, 2.05) is 12.2 Å². The quantitative estimate of drug-likeness (QED) is 0.275. The number of H-pyrrole nitrogens is 2. The molecule has 0 atom stereocenters. The number of fused-ring (bicyclic) bond motifs is 5. The van der Waals surface area contributed by atoms with Crippen LogP contribution in [0.4, 0.5) is 0 Å². The van der Waals surface area contributed by atoms with Crippen molar-refractivity contribution in [1.29, 1.82) is 0 Å². The van der Waals surface area contributed by atoms with Crippen LogP contribution in [-0.4, -0.2) is 19.5 Å².